The summed E-state index contributed by atoms with van der Waals surface area (Å²) in [6, 6.07) is 7.75. The zero-order valence-electron chi connectivity index (χ0n) is 9.61. The van der Waals surface area contributed by atoms with Crippen molar-refractivity contribution in [3.05, 3.63) is 50.1 Å². The van der Waals surface area contributed by atoms with Gasteiger partial charge in [0.2, 0.25) is 0 Å². The highest BCUT2D eigenvalue weighted by Crippen LogP contribution is 2.36. The Morgan fingerprint density at radius 2 is 2.12 bits per heavy atom. The van der Waals surface area contributed by atoms with E-state index in [-0.39, 0.29) is 0 Å². The molecule has 1 aromatic carbocycles. The number of methoxy groups -OCH3 is 1. The fourth-order valence-electron chi connectivity index (χ4n) is 1.69. The molecule has 0 amide bonds. The van der Waals surface area contributed by atoms with Gasteiger partial charge >= 0.3 is 0 Å². The number of thiophene rings is 1. The fourth-order valence-corrected chi connectivity index (χ4v) is 3.28. The van der Waals surface area contributed by atoms with Crippen LogP contribution in [-0.4, -0.2) is 12.2 Å². The highest BCUT2D eigenvalue weighted by Gasteiger charge is 2.18. The van der Waals surface area contributed by atoms with Crippen LogP contribution in [0.1, 0.15) is 22.1 Å². The standard InChI is InChI=1S/C13H13BrO2S/c1-8-3-4-9(11(7-8)16-2)12(15)13-10(14)5-6-17-13/h3-7,12,15H,1-2H3. The number of halogens is 1. The van der Waals surface area contributed by atoms with E-state index in [1.165, 1.54) is 11.3 Å². The van der Waals surface area contributed by atoms with Crippen LogP contribution < -0.4 is 4.74 Å². The molecule has 0 radical (unpaired) electrons. The maximum absolute atomic E-state index is 10.4. The number of ether oxygens (including phenoxy) is 1. The Hall–Kier alpha value is -0.840. The van der Waals surface area contributed by atoms with Gasteiger partial charge in [-0.25, -0.2) is 0 Å². The summed E-state index contributed by atoms with van der Waals surface area (Å²) in [6.07, 6.45) is -0.653. The van der Waals surface area contributed by atoms with Crippen molar-refractivity contribution in [2.45, 2.75) is 13.0 Å². The molecule has 0 spiro atoms. The Kier molecular flexibility index (Phi) is 3.86. The molecule has 0 fully saturated rings. The van der Waals surface area contributed by atoms with E-state index in [4.69, 9.17) is 4.74 Å². The van der Waals surface area contributed by atoms with Gasteiger partial charge in [-0.1, -0.05) is 12.1 Å². The summed E-state index contributed by atoms with van der Waals surface area (Å²) in [7, 11) is 1.62. The Morgan fingerprint density at radius 1 is 1.35 bits per heavy atom. The summed E-state index contributed by atoms with van der Waals surface area (Å²) >= 11 is 4.96. The molecule has 1 unspecified atom stereocenters. The molecule has 1 heterocycles. The monoisotopic (exact) mass is 312 g/mol. The molecule has 17 heavy (non-hydrogen) atoms. The first-order valence-corrected chi connectivity index (χ1v) is 6.86. The van der Waals surface area contributed by atoms with Crippen molar-refractivity contribution in [2.75, 3.05) is 7.11 Å². The van der Waals surface area contributed by atoms with Crippen LogP contribution in [0.25, 0.3) is 0 Å². The highest BCUT2D eigenvalue weighted by atomic mass is 79.9. The van der Waals surface area contributed by atoms with Crippen LogP contribution in [0.5, 0.6) is 5.75 Å². The molecule has 0 aliphatic carbocycles. The summed E-state index contributed by atoms with van der Waals surface area (Å²) in [4.78, 5) is 0.896. The van der Waals surface area contributed by atoms with Crippen molar-refractivity contribution in [1.29, 1.82) is 0 Å². The molecule has 2 nitrogen and oxygen atoms in total. The van der Waals surface area contributed by atoms with E-state index in [9.17, 15) is 5.11 Å². The third kappa shape index (κ3) is 2.54. The first-order valence-electron chi connectivity index (χ1n) is 5.19. The Labute approximate surface area is 113 Å². The molecule has 1 atom stereocenters. The minimum Gasteiger partial charge on any atom is -0.496 e. The van der Waals surface area contributed by atoms with E-state index in [1.54, 1.807) is 7.11 Å². The van der Waals surface area contributed by atoms with Gasteiger partial charge in [0, 0.05) is 10.0 Å². The van der Waals surface area contributed by atoms with Gasteiger partial charge in [-0.05, 0) is 45.9 Å². The third-order valence-corrected chi connectivity index (χ3v) is 4.50. The van der Waals surface area contributed by atoms with Gasteiger partial charge < -0.3 is 9.84 Å². The minimum absolute atomic E-state index is 0.653. The van der Waals surface area contributed by atoms with Gasteiger partial charge in [-0.15, -0.1) is 11.3 Å². The number of aliphatic hydroxyl groups is 1. The molecule has 90 valence electrons. The average Bonchev–Trinajstić information content (AvgIpc) is 2.74. The largest absolute Gasteiger partial charge is 0.496 e. The number of hydrogen-bond acceptors (Lipinski definition) is 3. The number of benzene rings is 1. The first-order chi connectivity index (χ1) is 8.13. The van der Waals surface area contributed by atoms with E-state index in [1.807, 2.05) is 36.6 Å². The van der Waals surface area contributed by atoms with Crippen LogP contribution >= 0.6 is 27.3 Å². The average molecular weight is 313 g/mol. The second-order valence-electron chi connectivity index (χ2n) is 3.78. The van der Waals surface area contributed by atoms with Crippen molar-refractivity contribution >= 4 is 27.3 Å². The van der Waals surface area contributed by atoms with Crippen LogP contribution in [0.3, 0.4) is 0 Å². The van der Waals surface area contributed by atoms with E-state index < -0.39 is 6.10 Å². The maximum Gasteiger partial charge on any atom is 0.125 e. The van der Waals surface area contributed by atoms with Crippen LogP contribution in [0.2, 0.25) is 0 Å². The normalized spacial score (nSPS) is 12.5. The second kappa shape index (κ2) is 5.21. The molecule has 0 aliphatic heterocycles. The zero-order valence-corrected chi connectivity index (χ0v) is 12.0. The van der Waals surface area contributed by atoms with Gasteiger partial charge in [0.05, 0.1) is 12.0 Å². The molecule has 0 saturated carbocycles. The van der Waals surface area contributed by atoms with Crippen LogP contribution in [0, 0.1) is 6.92 Å². The summed E-state index contributed by atoms with van der Waals surface area (Å²) in [5.41, 5.74) is 1.91. The van der Waals surface area contributed by atoms with Crippen molar-refractivity contribution in [3.63, 3.8) is 0 Å². The van der Waals surface area contributed by atoms with Crippen molar-refractivity contribution in [3.8, 4) is 5.75 Å². The highest BCUT2D eigenvalue weighted by molar-refractivity contribution is 9.10. The lowest BCUT2D eigenvalue weighted by Crippen LogP contribution is -2.01. The van der Waals surface area contributed by atoms with E-state index in [0.717, 1.165) is 26.2 Å². The Morgan fingerprint density at radius 3 is 2.71 bits per heavy atom. The summed E-state index contributed by atoms with van der Waals surface area (Å²) in [6.45, 7) is 2.00. The minimum atomic E-state index is -0.653. The van der Waals surface area contributed by atoms with Crippen LogP contribution in [0.4, 0.5) is 0 Å². The lowest BCUT2D eigenvalue weighted by Gasteiger charge is -2.14. The molecule has 0 bridgehead atoms. The zero-order chi connectivity index (χ0) is 12.4. The van der Waals surface area contributed by atoms with Crippen molar-refractivity contribution < 1.29 is 9.84 Å². The lowest BCUT2D eigenvalue weighted by atomic mass is 10.0. The molecule has 4 heteroatoms. The molecule has 1 N–H and O–H groups in total. The van der Waals surface area contributed by atoms with E-state index >= 15 is 0 Å². The van der Waals surface area contributed by atoms with Crippen LogP contribution in [0.15, 0.2) is 34.1 Å². The SMILES string of the molecule is COc1cc(C)ccc1C(O)c1sccc1Br. The first kappa shape index (κ1) is 12.6. The number of aliphatic hydroxyl groups excluding tert-OH is 1. The second-order valence-corrected chi connectivity index (χ2v) is 5.58. The molecule has 1 aromatic heterocycles. The van der Waals surface area contributed by atoms with Crippen LogP contribution in [-0.2, 0) is 0 Å². The van der Waals surface area contributed by atoms with Crippen molar-refractivity contribution in [2.24, 2.45) is 0 Å². The van der Waals surface area contributed by atoms with E-state index in [0.29, 0.717) is 0 Å². The predicted molar refractivity (Wildman–Crippen MR) is 73.8 cm³/mol. The number of aryl methyl sites for hydroxylation is 1. The molecular formula is C13H13BrO2S. The molecular weight excluding hydrogens is 300 g/mol. The Bertz CT molecular complexity index is 522. The van der Waals surface area contributed by atoms with Gasteiger partial charge in [0.1, 0.15) is 11.9 Å². The van der Waals surface area contributed by atoms with Crippen molar-refractivity contribution in [1.82, 2.24) is 0 Å². The summed E-state index contributed by atoms with van der Waals surface area (Å²) < 4.78 is 6.24. The summed E-state index contributed by atoms with van der Waals surface area (Å²) in [5.74, 6) is 0.720. The Balaban J connectivity index is 2.44. The number of hydrogen-bond donors (Lipinski definition) is 1. The van der Waals surface area contributed by atoms with Gasteiger partial charge in [-0.3, -0.25) is 0 Å². The lowest BCUT2D eigenvalue weighted by molar-refractivity contribution is 0.218. The molecule has 2 rings (SSSR count). The van der Waals surface area contributed by atoms with Gasteiger partial charge in [0.25, 0.3) is 0 Å². The van der Waals surface area contributed by atoms with Gasteiger partial charge in [0.15, 0.2) is 0 Å². The quantitative estimate of drug-likeness (QED) is 0.931. The topological polar surface area (TPSA) is 29.5 Å². The maximum atomic E-state index is 10.4. The molecule has 2 aromatic rings. The van der Waals surface area contributed by atoms with Gasteiger partial charge in [-0.2, -0.15) is 0 Å². The fraction of sp³-hybridized carbons (Fsp3) is 0.231. The molecule has 0 aliphatic rings. The smallest absolute Gasteiger partial charge is 0.125 e. The third-order valence-electron chi connectivity index (χ3n) is 2.58. The summed E-state index contributed by atoms with van der Waals surface area (Å²) in [5, 5.41) is 12.3. The number of rotatable bonds is 3. The molecule has 0 saturated heterocycles. The van der Waals surface area contributed by atoms with E-state index in [2.05, 4.69) is 15.9 Å². The predicted octanol–water partition coefficient (Wildman–Crippen LogP) is 3.91.